The summed E-state index contributed by atoms with van der Waals surface area (Å²) in [6, 6.07) is 2.39. The van der Waals surface area contributed by atoms with Crippen LogP contribution in [0.1, 0.15) is 51.9 Å². The van der Waals surface area contributed by atoms with E-state index < -0.39 is 10.8 Å². The zero-order valence-electron chi connectivity index (χ0n) is 11.8. The molecule has 1 heterocycles. The molecule has 19 heavy (non-hydrogen) atoms. The summed E-state index contributed by atoms with van der Waals surface area (Å²) < 4.78 is 18.1. The van der Waals surface area contributed by atoms with Crippen LogP contribution >= 0.6 is 0 Å². The van der Waals surface area contributed by atoms with Crippen molar-refractivity contribution in [1.82, 2.24) is 0 Å². The molecule has 4 heteroatoms. The molecule has 0 spiro atoms. The molecule has 0 aromatic rings. The van der Waals surface area contributed by atoms with Gasteiger partial charge in [0.05, 0.1) is 29.1 Å². The number of nitriles is 1. The van der Waals surface area contributed by atoms with Gasteiger partial charge in [-0.25, -0.2) is 0 Å². The van der Waals surface area contributed by atoms with Gasteiger partial charge in [0, 0.05) is 17.4 Å². The molecule has 0 N–H and O–H groups in total. The SMILES string of the molecule is CCCC1CCC(C#N)C(S(=O)CC2CCCO2)C1. The van der Waals surface area contributed by atoms with Crippen LogP contribution in [-0.4, -0.2) is 27.9 Å². The second kappa shape index (κ2) is 7.40. The fraction of sp³-hybridized carbons (Fsp3) is 0.933. The van der Waals surface area contributed by atoms with E-state index in [4.69, 9.17) is 4.74 Å². The maximum absolute atomic E-state index is 12.6. The van der Waals surface area contributed by atoms with Gasteiger partial charge in [-0.05, 0) is 38.0 Å². The highest BCUT2D eigenvalue weighted by Crippen LogP contribution is 2.35. The summed E-state index contributed by atoms with van der Waals surface area (Å²) in [5.41, 5.74) is 0. The normalized spacial score (nSPS) is 36.8. The van der Waals surface area contributed by atoms with Gasteiger partial charge in [-0.3, -0.25) is 4.21 Å². The minimum atomic E-state index is -0.898. The van der Waals surface area contributed by atoms with Gasteiger partial charge in [0.15, 0.2) is 0 Å². The van der Waals surface area contributed by atoms with Crippen LogP contribution in [0.4, 0.5) is 0 Å². The Kier molecular flexibility index (Phi) is 5.84. The third-order valence-electron chi connectivity index (χ3n) is 4.47. The lowest BCUT2D eigenvalue weighted by Crippen LogP contribution is -2.35. The number of hydrogen-bond donors (Lipinski definition) is 0. The third kappa shape index (κ3) is 4.03. The summed E-state index contributed by atoms with van der Waals surface area (Å²) in [5, 5.41) is 9.35. The lowest BCUT2D eigenvalue weighted by Gasteiger charge is -2.32. The summed E-state index contributed by atoms with van der Waals surface area (Å²) in [6.45, 7) is 3.02. The minimum absolute atomic E-state index is 0.00431. The van der Waals surface area contributed by atoms with E-state index >= 15 is 0 Å². The van der Waals surface area contributed by atoms with E-state index in [-0.39, 0.29) is 17.3 Å². The molecule has 0 amide bonds. The molecule has 5 atom stereocenters. The Morgan fingerprint density at radius 1 is 1.37 bits per heavy atom. The largest absolute Gasteiger partial charge is 0.377 e. The zero-order valence-corrected chi connectivity index (χ0v) is 12.7. The maximum atomic E-state index is 12.6. The molecule has 2 aliphatic rings. The highest BCUT2D eigenvalue weighted by atomic mass is 32.2. The van der Waals surface area contributed by atoms with Crippen molar-refractivity contribution >= 4 is 10.8 Å². The lowest BCUT2D eigenvalue weighted by molar-refractivity contribution is 0.128. The number of hydrogen-bond acceptors (Lipinski definition) is 3. The van der Waals surface area contributed by atoms with E-state index in [9.17, 15) is 9.47 Å². The molecule has 1 aliphatic heterocycles. The summed E-state index contributed by atoms with van der Waals surface area (Å²) >= 11 is 0. The van der Waals surface area contributed by atoms with Crippen LogP contribution in [-0.2, 0) is 15.5 Å². The van der Waals surface area contributed by atoms with Crippen LogP contribution in [0.3, 0.4) is 0 Å². The molecule has 108 valence electrons. The Labute approximate surface area is 119 Å². The summed E-state index contributed by atoms with van der Waals surface area (Å²) in [5.74, 6) is 1.31. The summed E-state index contributed by atoms with van der Waals surface area (Å²) in [4.78, 5) is 0. The Morgan fingerprint density at radius 2 is 2.21 bits per heavy atom. The number of nitrogens with zero attached hydrogens (tertiary/aromatic N) is 1. The van der Waals surface area contributed by atoms with Crippen molar-refractivity contribution in [2.75, 3.05) is 12.4 Å². The van der Waals surface area contributed by atoms with Gasteiger partial charge in [-0.15, -0.1) is 0 Å². The molecule has 2 fully saturated rings. The molecule has 1 aliphatic carbocycles. The fourth-order valence-electron chi connectivity index (χ4n) is 3.40. The van der Waals surface area contributed by atoms with Gasteiger partial charge in [-0.1, -0.05) is 19.8 Å². The van der Waals surface area contributed by atoms with Gasteiger partial charge >= 0.3 is 0 Å². The van der Waals surface area contributed by atoms with Crippen molar-refractivity contribution in [3.8, 4) is 6.07 Å². The van der Waals surface area contributed by atoms with E-state index in [1.165, 1.54) is 12.8 Å². The first-order valence-corrected chi connectivity index (χ1v) is 9.01. The second-order valence-electron chi connectivity index (χ2n) is 5.92. The van der Waals surface area contributed by atoms with E-state index in [0.717, 1.165) is 38.7 Å². The zero-order chi connectivity index (χ0) is 13.7. The van der Waals surface area contributed by atoms with E-state index in [1.54, 1.807) is 0 Å². The number of ether oxygens (including phenoxy) is 1. The van der Waals surface area contributed by atoms with Gasteiger partial charge < -0.3 is 4.74 Å². The molecule has 1 saturated carbocycles. The Bertz CT molecular complexity index is 347. The average molecular weight is 283 g/mol. The van der Waals surface area contributed by atoms with Crippen LogP contribution < -0.4 is 0 Å². The quantitative estimate of drug-likeness (QED) is 0.779. The van der Waals surface area contributed by atoms with Gasteiger partial charge in [-0.2, -0.15) is 5.26 Å². The van der Waals surface area contributed by atoms with Crippen LogP contribution in [0, 0.1) is 23.2 Å². The van der Waals surface area contributed by atoms with Crippen LogP contribution in [0.2, 0.25) is 0 Å². The highest BCUT2D eigenvalue weighted by Gasteiger charge is 2.35. The molecule has 1 saturated heterocycles. The summed E-state index contributed by atoms with van der Waals surface area (Å²) in [6.07, 6.45) is 7.75. The smallest absolute Gasteiger partial charge is 0.0691 e. The predicted molar refractivity (Wildman–Crippen MR) is 77.1 cm³/mol. The molecular weight excluding hydrogens is 258 g/mol. The van der Waals surface area contributed by atoms with Crippen LogP contribution in [0.15, 0.2) is 0 Å². The first-order chi connectivity index (χ1) is 9.24. The Balaban J connectivity index is 1.92. The van der Waals surface area contributed by atoms with E-state index in [0.29, 0.717) is 11.7 Å². The monoisotopic (exact) mass is 283 g/mol. The number of rotatable bonds is 5. The second-order valence-corrected chi connectivity index (χ2v) is 7.62. The maximum Gasteiger partial charge on any atom is 0.0691 e. The molecule has 0 bridgehead atoms. The van der Waals surface area contributed by atoms with Crippen LogP contribution in [0.5, 0.6) is 0 Å². The Hall–Kier alpha value is -0.400. The highest BCUT2D eigenvalue weighted by molar-refractivity contribution is 7.85. The van der Waals surface area contributed by atoms with Crippen LogP contribution in [0.25, 0.3) is 0 Å². The first-order valence-electron chi connectivity index (χ1n) is 7.63. The molecule has 0 aromatic heterocycles. The molecule has 5 unspecified atom stereocenters. The molecule has 0 aromatic carbocycles. The molecule has 3 nitrogen and oxygen atoms in total. The molecular formula is C15H25NO2S. The Morgan fingerprint density at radius 3 is 2.84 bits per heavy atom. The fourth-order valence-corrected chi connectivity index (χ4v) is 5.33. The van der Waals surface area contributed by atoms with E-state index in [2.05, 4.69) is 13.0 Å². The average Bonchev–Trinajstić information content (AvgIpc) is 2.92. The van der Waals surface area contributed by atoms with Gasteiger partial charge in [0.25, 0.3) is 0 Å². The van der Waals surface area contributed by atoms with Crippen molar-refractivity contribution in [1.29, 1.82) is 5.26 Å². The lowest BCUT2D eigenvalue weighted by atomic mass is 9.80. The van der Waals surface area contributed by atoms with Crippen molar-refractivity contribution in [3.05, 3.63) is 0 Å². The van der Waals surface area contributed by atoms with E-state index in [1.807, 2.05) is 0 Å². The molecule has 2 rings (SSSR count). The standard InChI is InChI=1S/C15H25NO2S/c1-2-4-12-6-7-13(10-16)15(9-12)19(17)11-14-5-3-8-18-14/h12-15H,2-9,11H2,1H3. The topological polar surface area (TPSA) is 50.1 Å². The van der Waals surface area contributed by atoms with Crippen molar-refractivity contribution in [2.24, 2.45) is 11.8 Å². The third-order valence-corrected chi connectivity index (χ3v) is 6.37. The van der Waals surface area contributed by atoms with Crippen molar-refractivity contribution in [2.45, 2.75) is 63.2 Å². The van der Waals surface area contributed by atoms with Crippen molar-refractivity contribution < 1.29 is 8.95 Å². The van der Waals surface area contributed by atoms with Gasteiger partial charge in [0.1, 0.15) is 0 Å². The first kappa shape index (κ1) is 15.0. The minimum Gasteiger partial charge on any atom is -0.377 e. The summed E-state index contributed by atoms with van der Waals surface area (Å²) in [7, 11) is -0.898. The molecule has 0 radical (unpaired) electrons. The van der Waals surface area contributed by atoms with Gasteiger partial charge in [0.2, 0.25) is 0 Å². The van der Waals surface area contributed by atoms with Crippen molar-refractivity contribution in [3.63, 3.8) is 0 Å². The predicted octanol–water partition coefficient (Wildman–Crippen LogP) is 3.02.